The van der Waals surface area contributed by atoms with Crippen molar-refractivity contribution in [2.24, 2.45) is 5.92 Å². The summed E-state index contributed by atoms with van der Waals surface area (Å²) in [5, 5.41) is 20.6. The van der Waals surface area contributed by atoms with Gasteiger partial charge in [0.25, 0.3) is 0 Å². The number of rotatable bonds is 5. The summed E-state index contributed by atoms with van der Waals surface area (Å²) in [7, 11) is 0. The fourth-order valence-corrected chi connectivity index (χ4v) is 2.92. The molecule has 0 saturated heterocycles. The maximum atomic E-state index is 12.7. The number of carbonyl (C=O) groups is 2. The highest BCUT2D eigenvalue weighted by Crippen LogP contribution is 2.31. The molecule has 3 aromatic carbocycles. The number of nitrogens with one attached hydrogen (secondary N) is 1. The van der Waals surface area contributed by atoms with Crippen LogP contribution in [0, 0.1) is 28.6 Å². The number of halogens is 3. The summed E-state index contributed by atoms with van der Waals surface area (Å²) < 4.78 is 38.1. The van der Waals surface area contributed by atoms with Crippen molar-refractivity contribution >= 4 is 17.4 Å². The van der Waals surface area contributed by atoms with Gasteiger partial charge < -0.3 is 5.32 Å². The van der Waals surface area contributed by atoms with Gasteiger partial charge in [0.15, 0.2) is 11.7 Å². The van der Waals surface area contributed by atoms with Crippen molar-refractivity contribution in [2.45, 2.75) is 6.18 Å². The van der Waals surface area contributed by atoms with Gasteiger partial charge in [0.1, 0.15) is 0 Å². The van der Waals surface area contributed by atoms with Crippen molar-refractivity contribution in [3.8, 4) is 23.3 Å². The molecule has 0 heterocycles. The molecule has 0 fully saturated rings. The minimum atomic E-state index is -4.42. The second-order valence-corrected chi connectivity index (χ2v) is 6.76. The van der Waals surface area contributed by atoms with Crippen molar-refractivity contribution in [1.29, 1.82) is 10.5 Å². The van der Waals surface area contributed by atoms with E-state index in [1.54, 1.807) is 18.2 Å². The fraction of sp³-hybridized carbons (Fsp3) is 0.0833. The summed E-state index contributed by atoms with van der Waals surface area (Å²) in [5.41, 5.74) is 1.22. The number of nitriles is 2. The molecule has 0 aromatic heterocycles. The number of alkyl halides is 3. The molecule has 158 valence electrons. The second kappa shape index (κ2) is 9.15. The van der Waals surface area contributed by atoms with Crippen LogP contribution in [0.25, 0.3) is 11.1 Å². The molecular weight excluding hydrogens is 419 g/mol. The Kier molecular flexibility index (Phi) is 6.37. The predicted molar refractivity (Wildman–Crippen MR) is 110 cm³/mol. The van der Waals surface area contributed by atoms with Gasteiger partial charge in [0.2, 0.25) is 5.91 Å². The Labute approximate surface area is 181 Å². The molecule has 0 spiro atoms. The number of amides is 1. The minimum absolute atomic E-state index is 0.128. The molecule has 1 unspecified atom stereocenters. The summed E-state index contributed by atoms with van der Waals surface area (Å²) in [5.74, 6) is -3.10. The molecule has 0 aliphatic carbocycles. The largest absolute Gasteiger partial charge is 0.416 e. The lowest BCUT2D eigenvalue weighted by molar-refractivity contribution is -0.137. The average Bonchev–Trinajstić information content (AvgIpc) is 2.79. The van der Waals surface area contributed by atoms with Crippen LogP contribution in [0.2, 0.25) is 0 Å². The third-order valence-corrected chi connectivity index (χ3v) is 4.65. The van der Waals surface area contributed by atoms with Crippen LogP contribution in [-0.2, 0) is 11.0 Å². The Bertz CT molecular complexity index is 1220. The normalized spacial score (nSPS) is 11.7. The predicted octanol–water partition coefficient (Wildman–Crippen LogP) is 5.21. The van der Waals surface area contributed by atoms with Crippen molar-refractivity contribution in [1.82, 2.24) is 0 Å². The number of hydrogen-bond donors (Lipinski definition) is 1. The van der Waals surface area contributed by atoms with Crippen molar-refractivity contribution < 1.29 is 22.8 Å². The van der Waals surface area contributed by atoms with Gasteiger partial charge >= 0.3 is 6.18 Å². The smallest absolute Gasteiger partial charge is 0.325 e. The third-order valence-electron chi connectivity index (χ3n) is 4.65. The van der Waals surface area contributed by atoms with E-state index >= 15 is 0 Å². The van der Waals surface area contributed by atoms with E-state index in [0.717, 1.165) is 12.1 Å². The first-order valence-corrected chi connectivity index (χ1v) is 9.25. The van der Waals surface area contributed by atoms with E-state index in [2.05, 4.69) is 5.32 Å². The first-order valence-electron chi connectivity index (χ1n) is 9.25. The number of Topliss-reactive ketones (excluding diaryl/α,β-unsaturated/α-hetero) is 1. The lowest BCUT2D eigenvalue weighted by Gasteiger charge is -2.11. The molecule has 3 aromatic rings. The molecule has 0 saturated carbocycles. The minimum Gasteiger partial charge on any atom is -0.325 e. The van der Waals surface area contributed by atoms with Gasteiger partial charge in [-0.15, -0.1) is 0 Å². The molecule has 8 heteroatoms. The van der Waals surface area contributed by atoms with Crippen LogP contribution in [0.5, 0.6) is 0 Å². The lowest BCUT2D eigenvalue weighted by atomic mass is 9.97. The van der Waals surface area contributed by atoms with Crippen LogP contribution in [0.1, 0.15) is 21.5 Å². The van der Waals surface area contributed by atoms with Crippen molar-refractivity contribution in [3.63, 3.8) is 0 Å². The van der Waals surface area contributed by atoms with Gasteiger partial charge in [-0.25, -0.2) is 0 Å². The zero-order valence-electron chi connectivity index (χ0n) is 16.4. The van der Waals surface area contributed by atoms with Gasteiger partial charge in [-0.2, -0.15) is 23.7 Å². The van der Waals surface area contributed by atoms with E-state index in [1.165, 1.54) is 48.5 Å². The molecule has 1 atom stereocenters. The standard InChI is InChI=1S/C24H14F3N3O2/c25-24(26,27)19-9-5-16(6-10-19)17-7-11-20(12-8-17)30-23(32)21(14-29)22(31)18-3-1-15(13-28)2-4-18/h1-12,21H,(H,30,32). The van der Waals surface area contributed by atoms with Crippen molar-refractivity contribution in [2.75, 3.05) is 5.32 Å². The van der Waals surface area contributed by atoms with E-state index in [-0.39, 0.29) is 5.56 Å². The Balaban J connectivity index is 1.71. The summed E-state index contributed by atoms with van der Waals surface area (Å²) in [6.45, 7) is 0. The van der Waals surface area contributed by atoms with Crippen LogP contribution in [0.3, 0.4) is 0 Å². The second-order valence-electron chi connectivity index (χ2n) is 6.76. The summed E-state index contributed by atoms with van der Waals surface area (Å²) >= 11 is 0. The zero-order chi connectivity index (χ0) is 23.3. The topological polar surface area (TPSA) is 93.8 Å². The van der Waals surface area contributed by atoms with Crippen LogP contribution in [0.15, 0.2) is 72.8 Å². The molecule has 1 amide bonds. The quantitative estimate of drug-likeness (QED) is 0.442. The van der Waals surface area contributed by atoms with E-state index in [4.69, 9.17) is 5.26 Å². The zero-order valence-corrected chi connectivity index (χ0v) is 16.4. The van der Waals surface area contributed by atoms with E-state index in [9.17, 15) is 28.0 Å². The Hall–Kier alpha value is -4.43. The molecule has 0 radical (unpaired) electrons. The molecule has 0 aliphatic heterocycles. The molecule has 32 heavy (non-hydrogen) atoms. The highest BCUT2D eigenvalue weighted by atomic mass is 19.4. The highest BCUT2D eigenvalue weighted by molar-refractivity contribution is 6.15. The number of carbonyl (C=O) groups excluding carboxylic acids is 2. The maximum absolute atomic E-state index is 12.7. The van der Waals surface area contributed by atoms with Crippen LogP contribution in [0.4, 0.5) is 18.9 Å². The van der Waals surface area contributed by atoms with Crippen LogP contribution >= 0.6 is 0 Å². The Morgan fingerprint density at radius 2 is 1.34 bits per heavy atom. The highest BCUT2D eigenvalue weighted by Gasteiger charge is 2.30. The van der Waals surface area contributed by atoms with Gasteiger partial charge in [-0.1, -0.05) is 36.4 Å². The molecule has 1 N–H and O–H groups in total. The van der Waals surface area contributed by atoms with Gasteiger partial charge in [0, 0.05) is 11.3 Å². The van der Waals surface area contributed by atoms with E-state index in [1.807, 2.05) is 6.07 Å². The monoisotopic (exact) mass is 433 g/mol. The molecule has 5 nitrogen and oxygen atoms in total. The molecule has 0 aliphatic rings. The summed E-state index contributed by atoms with van der Waals surface area (Å²) in [6, 6.07) is 20.1. The summed E-state index contributed by atoms with van der Waals surface area (Å²) in [4.78, 5) is 25.0. The average molecular weight is 433 g/mol. The summed E-state index contributed by atoms with van der Waals surface area (Å²) in [6.07, 6.45) is -4.42. The van der Waals surface area contributed by atoms with Crippen molar-refractivity contribution in [3.05, 3.63) is 89.5 Å². The number of nitrogens with zero attached hydrogens (tertiary/aromatic N) is 2. The molecule has 3 rings (SSSR count). The Morgan fingerprint density at radius 1 is 0.812 bits per heavy atom. The SMILES string of the molecule is N#Cc1ccc(C(=O)C(C#N)C(=O)Nc2ccc(-c3ccc(C(F)(F)F)cc3)cc2)cc1. The lowest BCUT2D eigenvalue weighted by Crippen LogP contribution is -2.28. The number of hydrogen-bond acceptors (Lipinski definition) is 4. The third kappa shape index (κ3) is 5.00. The number of anilines is 1. The van der Waals surface area contributed by atoms with Crippen LogP contribution < -0.4 is 5.32 Å². The number of benzene rings is 3. The maximum Gasteiger partial charge on any atom is 0.416 e. The number of ketones is 1. The Morgan fingerprint density at radius 3 is 1.81 bits per heavy atom. The van der Waals surface area contributed by atoms with Gasteiger partial charge in [0.05, 0.1) is 23.3 Å². The first-order chi connectivity index (χ1) is 15.2. The van der Waals surface area contributed by atoms with Gasteiger partial charge in [-0.05, 0) is 47.5 Å². The molecule has 0 bridgehead atoms. The van der Waals surface area contributed by atoms with E-state index < -0.39 is 29.3 Å². The van der Waals surface area contributed by atoms with Gasteiger partial charge in [-0.3, -0.25) is 9.59 Å². The van der Waals surface area contributed by atoms with Crippen LogP contribution in [-0.4, -0.2) is 11.7 Å². The fourth-order valence-electron chi connectivity index (χ4n) is 2.92. The first kappa shape index (κ1) is 22.3. The molecular formula is C24H14F3N3O2. The van der Waals surface area contributed by atoms with E-state index in [0.29, 0.717) is 22.4 Å².